The van der Waals surface area contributed by atoms with Crippen LogP contribution in [0.25, 0.3) is 11.1 Å². The Morgan fingerprint density at radius 2 is 1.93 bits per heavy atom. The van der Waals surface area contributed by atoms with Crippen molar-refractivity contribution in [3.63, 3.8) is 0 Å². The first kappa shape index (κ1) is 29.4. The fourth-order valence-corrected chi connectivity index (χ4v) is 9.18. The van der Waals surface area contributed by atoms with Gasteiger partial charge in [-0.2, -0.15) is 5.26 Å². The molecule has 9 nitrogen and oxygen atoms in total. The highest BCUT2D eigenvalue weighted by molar-refractivity contribution is 7.91. The molecule has 0 spiro atoms. The number of halogens is 2. The van der Waals surface area contributed by atoms with Crippen molar-refractivity contribution in [1.29, 1.82) is 5.26 Å². The van der Waals surface area contributed by atoms with E-state index in [1.807, 2.05) is 0 Å². The Bertz CT molecular complexity index is 1440. The van der Waals surface area contributed by atoms with Crippen LogP contribution in [0.4, 0.5) is 13.6 Å². The molecule has 1 aliphatic heterocycles. The first-order chi connectivity index (χ1) is 18.8. The number of amides is 1. The van der Waals surface area contributed by atoms with Gasteiger partial charge in [0.15, 0.2) is 0 Å². The highest BCUT2D eigenvalue weighted by Gasteiger charge is 2.73. The zero-order valence-corrected chi connectivity index (χ0v) is 23.2. The third-order valence-corrected chi connectivity index (χ3v) is 11.0. The van der Waals surface area contributed by atoms with Crippen molar-refractivity contribution in [2.45, 2.75) is 63.2 Å². The van der Waals surface area contributed by atoms with Gasteiger partial charge >= 0.3 is 12.1 Å². The lowest BCUT2D eigenvalue weighted by molar-refractivity contribution is -0.154. The van der Waals surface area contributed by atoms with Gasteiger partial charge in [0, 0.05) is 41.3 Å². The summed E-state index contributed by atoms with van der Waals surface area (Å²) in [7, 11) is -4.85. The van der Waals surface area contributed by atoms with Crippen molar-refractivity contribution in [1.82, 2.24) is 9.29 Å². The summed E-state index contributed by atoms with van der Waals surface area (Å²) in [6.07, 6.45) is -1.88. The molecule has 1 N–H and O–H groups in total. The number of ether oxygens (including phenoxy) is 1. The Morgan fingerprint density at radius 3 is 2.52 bits per heavy atom. The summed E-state index contributed by atoms with van der Waals surface area (Å²) in [6.45, 7) is 4.18. The maximum atomic E-state index is 15.6. The second-order valence-electron chi connectivity index (χ2n) is 10.5. The molecular weight excluding hydrogens is 544 g/mol. The number of hydrogen-bond donors (Lipinski definition) is 1. The van der Waals surface area contributed by atoms with Gasteiger partial charge in [0.25, 0.3) is 5.92 Å². The van der Waals surface area contributed by atoms with Crippen LogP contribution in [0.5, 0.6) is 0 Å². The number of nitriles is 1. The van der Waals surface area contributed by atoms with Gasteiger partial charge in [-0.3, -0.25) is 9.78 Å². The monoisotopic (exact) mass is 575 g/mol. The first-order valence-corrected chi connectivity index (χ1v) is 14.5. The molecule has 2 heterocycles. The topological polar surface area (TPSA) is 138 Å². The van der Waals surface area contributed by atoms with E-state index in [-0.39, 0.29) is 23.8 Å². The Morgan fingerprint density at radius 1 is 1.23 bits per heavy atom. The number of hydrogen-bond acceptors (Lipinski definition) is 7. The minimum atomic E-state index is -4.85. The number of rotatable bonds is 7. The number of carbonyl (C=O) groups excluding carboxylic acids is 1. The molecule has 0 radical (unpaired) electrons. The maximum Gasteiger partial charge on any atom is 0.421 e. The molecule has 1 saturated carbocycles. The third kappa shape index (κ3) is 4.80. The Labute approximate surface area is 231 Å². The molecule has 214 valence electrons. The summed E-state index contributed by atoms with van der Waals surface area (Å²) in [6, 6.07) is 11.5. The summed E-state index contributed by atoms with van der Waals surface area (Å²) < 4.78 is 61.3. The number of carbonyl (C=O) groups is 2. The average Bonchev–Trinajstić information content (AvgIpc) is 3.05. The van der Waals surface area contributed by atoms with Crippen LogP contribution in [0, 0.1) is 29.1 Å². The van der Waals surface area contributed by atoms with Gasteiger partial charge in [-0.15, -0.1) is 0 Å². The van der Waals surface area contributed by atoms with Crippen LogP contribution >= 0.6 is 0 Å². The zero-order chi connectivity index (χ0) is 29.5. The lowest BCUT2D eigenvalue weighted by Gasteiger charge is -2.49. The van der Waals surface area contributed by atoms with Crippen LogP contribution in [0.15, 0.2) is 42.6 Å². The summed E-state index contributed by atoms with van der Waals surface area (Å²) in [5.41, 5.74) is 2.46. The second kappa shape index (κ2) is 10.8. The van der Waals surface area contributed by atoms with E-state index in [2.05, 4.69) is 11.1 Å². The molecular formula is C28H31F2N3O6S. The van der Waals surface area contributed by atoms with Crippen LogP contribution < -0.4 is 0 Å². The van der Waals surface area contributed by atoms with E-state index in [0.717, 1.165) is 0 Å². The van der Waals surface area contributed by atoms with Crippen molar-refractivity contribution >= 4 is 22.1 Å². The molecule has 2 aliphatic rings. The third-order valence-electron chi connectivity index (χ3n) is 8.43. The van der Waals surface area contributed by atoms with Crippen LogP contribution in [-0.4, -0.2) is 58.2 Å². The molecule has 2 fully saturated rings. The average molecular weight is 576 g/mol. The minimum Gasteiger partial charge on any atom is -0.466 e. The van der Waals surface area contributed by atoms with Crippen molar-refractivity contribution in [3.05, 3.63) is 53.9 Å². The van der Waals surface area contributed by atoms with E-state index in [1.54, 1.807) is 42.6 Å². The van der Waals surface area contributed by atoms with E-state index in [4.69, 9.17) is 4.74 Å². The second-order valence-corrected chi connectivity index (χ2v) is 12.7. The summed E-state index contributed by atoms with van der Waals surface area (Å²) in [4.78, 5) is 29.1. The number of esters is 1. The van der Waals surface area contributed by atoms with Gasteiger partial charge in [0.05, 0.1) is 30.7 Å². The van der Waals surface area contributed by atoms with Gasteiger partial charge in [0.2, 0.25) is 10.0 Å². The molecule has 1 aliphatic carbocycles. The normalized spacial score (nSPS) is 28.4. The Balaban J connectivity index is 1.69. The van der Waals surface area contributed by atoms with E-state index < -0.39 is 69.4 Å². The van der Waals surface area contributed by atoms with Gasteiger partial charge < -0.3 is 9.84 Å². The van der Waals surface area contributed by atoms with E-state index in [1.165, 1.54) is 20.8 Å². The highest BCUT2D eigenvalue weighted by Crippen LogP contribution is 2.61. The quantitative estimate of drug-likeness (QED) is 0.462. The fraction of sp³-hybridized carbons (Fsp3) is 0.500. The van der Waals surface area contributed by atoms with Crippen molar-refractivity contribution in [3.8, 4) is 17.2 Å². The molecule has 1 aromatic carbocycles. The van der Waals surface area contributed by atoms with Crippen molar-refractivity contribution in [2.24, 2.45) is 17.8 Å². The fourth-order valence-electron chi connectivity index (χ4n) is 6.63. The van der Waals surface area contributed by atoms with Gasteiger partial charge in [0.1, 0.15) is 4.75 Å². The highest BCUT2D eigenvalue weighted by atomic mass is 32.2. The molecule has 40 heavy (non-hydrogen) atoms. The van der Waals surface area contributed by atoms with Crippen molar-refractivity contribution in [2.75, 3.05) is 6.61 Å². The number of pyridine rings is 1. The summed E-state index contributed by atoms with van der Waals surface area (Å²) in [5, 5.41) is 19.2. The number of aryl methyl sites for hydroxylation is 1. The lowest BCUT2D eigenvalue weighted by Crippen LogP contribution is -2.59. The molecule has 2 aromatic rings. The smallest absolute Gasteiger partial charge is 0.421 e. The first-order valence-electron chi connectivity index (χ1n) is 13.1. The maximum absolute atomic E-state index is 15.6. The summed E-state index contributed by atoms with van der Waals surface area (Å²) >= 11 is 0. The van der Waals surface area contributed by atoms with Gasteiger partial charge in [-0.1, -0.05) is 31.2 Å². The van der Waals surface area contributed by atoms with Gasteiger partial charge in [-0.05, 0) is 44.7 Å². The van der Waals surface area contributed by atoms with E-state index in [9.17, 15) is 28.4 Å². The molecule has 1 aromatic heterocycles. The predicted octanol–water partition coefficient (Wildman–Crippen LogP) is 4.86. The number of aromatic nitrogens is 1. The molecule has 5 atom stereocenters. The zero-order valence-electron chi connectivity index (χ0n) is 22.4. The van der Waals surface area contributed by atoms with Crippen LogP contribution in [0.3, 0.4) is 0 Å². The minimum absolute atomic E-state index is 0.0748. The standard InChI is InChI=1S/C28H31F2N3O6S/c1-4-39-24(34)13-27-16-28(29,30)17(2)22(25(27)18(3)33(26(35)36)40(27,37)38)12-11-21-10-9-20(15-32-21)23-8-6-5-7-19(23)14-31/h5-10,15,17-18,22,25H,4,11-13,16H2,1-3H3,(H,35,36)/t17-,18+,22?,25?,27+/m0/s1. The molecule has 2 unspecified atom stereocenters. The molecule has 12 heteroatoms. The van der Waals surface area contributed by atoms with E-state index in [0.29, 0.717) is 22.4 Å². The molecule has 0 bridgehead atoms. The largest absolute Gasteiger partial charge is 0.466 e. The molecule has 1 amide bonds. The number of sulfonamides is 1. The summed E-state index contributed by atoms with van der Waals surface area (Å²) in [5.74, 6) is -7.72. The molecule has 1 saturated heterocycles. The predicted molar refractivity (Wildman–Crippen MR) is 141 cm³/mol. The van der Waals surface area contributed by atoms with Crippen molar-refractivity contribution < 1.29 is 36.6 Å². The number of nitrogens with zero attached hydrogens (tertiary/aromatic N) is 3. The van der Waals surface area contributed by atoms with Gasteiger partial charge in [-0.25, -0.2) is 26.3 Å². The van der Waals surface area contributed by atoms with E-state index >= 15 is 8.78 Å². The SMILES string of the molecule is CCOC(=O)C[C@@]12CC(F)(F)[C@@H](C)C(CCc3ccc(-c4ccccc4C#N)cn3)C1[C@@H](C)N(C(=O)O)S2(=O)=O. The number of alkyl halides is 2. The van der Waals surface area contributed by atoms with Crippen LogP contribution in [-0.2, 0) is 26.0 Å². The number of carboxylic acid groups (broad SMARTS) is 1. The Hall–Kier alpha value is -3.59. The number of benzene rings is 1. The number of fused-ring (bicyclic) bond motifs is 1. The van der Waals surface area contributed by atoms with Crippen LogP contribution in [0.1, 0.15) is 51.3 Å². The van der Waals surface area contributed by atoms with Crippen LogP contribution in [0.2, 0.25) is 0 Å². The Kier molecular flexibility index (Phi) is 7.91. The molecule has 4 rings (SSSR count). The lowest BCUT2D eigenvalue weighted by atomic mass is 9.60.